The fourth-order valence-corrected chi connectivity index (χ4v) is 3.29. The Kier molecular flexibility index (Phi) is 4.42. The van der Waals surface area contributed by atoms with Gasteiger partial charge in [-0.05, 0) is 31.2 Å². The Bertz CT molecular complexity index is 1360. The summed E-state index contributed by atoms with van der Waals surface area (Å²) in [6.07, 6.45) is 1.38. The molecule has 0 saturated carbocycles. The molecule has 9 nitrogen and oxygen atoms in total. The summed E-state index contributed by atoms with van der Waals surface area (Å²) >= 11 is 0. The third-order valence-electron chi connectivity index (χ3n) is 4.73. The summed E-state index contributed by atoms with van der Waals surface area (Å²) in [4.78, 5) is 41.2. The van der Waals surface area contributed by atoms with Crippen LogP contribution >= 0.6 is 0 Å². The van der Waals surface area contributed by atoms with E-state index in [0.29, 0.717) is 17.1 Å². The summed E-state index contributed by atoms with van der Waals surface area (Å²) < 4.78 is 9.44. The van der Waals surface area contributed by atoms with Gasteiger partial charge in [-0.25, -0.2) is 9.78 Å². The molecule has 3 heterocycles. The van der Waals surface area contributed by atoms with E-state index in [-0.39, 0.29) is 18.0 Å². The van der Waals surface area contributed by atoms with Crippen molar-refractivity contribution < 1.29 is 9.21 Å². The van der Waals surface area contributed by atoms with E-state index in [1.165, 1.54) is 29.6 Å². The molecule has 1 N–H and O–H groups in total. The van der Waals surface area contributed by atoms with Gasteiger partial charge in [-0.2, -0.15) is 0 Å². The molecule has 0 aliphatic carbocycles. The van der Waals surface area contributed by atoms with E-state index in [0.717, 1.165) is 15.9 Å². The molecule has 0 unspecified atom stereocenters. The van der Waals surface area contributed by atoms with Crippen molar-refractivity contribution >= 4 is 22.8 Å². The Hall–Kier alpha value is -3.88. The number of amides is 1. The van der Waals surface area contributed by atoms with Crippen molar-refractivity contribution in [3.8, 4) is 11.3 Å². The van der Waals surface area contributed by atoms with Crippen LogP contribution in [0.2, 0.25) is 0 Å². The lowest BCUT2D eigenvalue weighted by Gasteiger charge is -2.11. The van der Waals surface area contributed by atoms with Crippen LogP contribution in [0.1, 0.15) is 5.76 Å². The minimum absolute atomic E-state index is 0.109. The zero-order valence-corrected chi connectivity index (χ0v) is 16.2. The maximum Gasteiger partial charge on any atom is 0.332 e. The second-order valence-corrected chi connectivity index (χ2v) is 6.75. The Morgan fingerprint density at radius 2 is 1.86 bits per heavy atom. The molecule has 4 aromatic rings. The molecule has 1 aromatic carbocycles. The number of benzene rings is 1. The van der Waals surface area contributed by atoms with E-state index in [2.05, 4.69) is 10.3 Å². The fraction of sp³-hybridized carbons (Fsp3) is 0.200. The zero-order chi connectivity index (χ0) is 20.7. The van der Waals surface area contributed by atoms with Gasteiger partial charge in [-0.15, -0.1) is 0 Å². The molecule has 29 heavy (non-hydrogen) atoms. The van der Waals surface area contributed by atoms with Gasteiger partial charge in [0.1, 0.15) is 23.7 Å². The first-order valence-corrected chi connectivity index (χ1v) is 8.93. The summed E-state index contributed by atoms with van der Waals surface area (Å²) in [6.45, 7) is 1.74. The van der Waals surface area contributed by atoms with Crippen LogP contribution in [0.15, 0.2) is 56.7 Å². The average Bonchev–Trinajstić information content (AvgIpc) is 3.31. The van der Waals surface area contributed by atoms with Crippen LogP contribution in [0.5, 0.6) is 0 Å². The average molecular weight is 393 g/mol. The van der Waals surface area contributed by atoms with Crippen molar-refractivity contribution in [2.24, 2.45) is 14.1 Å². The number of nitrogens with zero attached hydrogens (tertiary/aromatic N) is 4. The maximum atomic E-state index is 12.7. The third kappa shape index (κ3) is 3.16. The highest BCUT2D eigenvalue weighted by atomic mass is 16.3. The van der Waals surface area contributed by atoms with Gasteiger partial charge in [0, 0.05) is 19.7 Å². The number of para-hydroxylation sites is 1. The lowest BCUT2D eigenvalue weighted by atomic mass is 10.1. The number of carbonyl (C=O) groups is 1. The second-order valence-electron chi connectivity index (χ2n) is 6.75. The molecule has 4 rings (SSSR count). The number of rotatable bonds is 4. The topological polar surface area (TPSA) is 104 Å². The largest absolute Gasteiger partial charge is 0.461 e. The van der Waals surface area contributed by atoms with Crippen molar-refractivity contribution in [3.63, 3.8) is 0 Å². The van der Waals surface area contributed by atoms with Gasteiger partial charge in [0.15, 0.2) is 5.52 Å². The molecule has 0 fully saturated rings. The molecular weight excluding hydrogens is 374 g/mol. The molecule has 0 atom stereocenters. The Labute approximate surface area is 164 Å². The quantitative estimate of drug-likeness (QED) is 0.568. The first-order valence-electron chi connectivity index (χ1n) is 8.93. The van der Waals surface area contributed by atoms with E-state index in [1.54, 1.807) is 6.07 Å². The first kappa shape index (κ1) is 18.5. The molecule has 0 spiro atoms. The SMILES string of the molecule is Cc1ccc(-c2ccccc2NC(=O)Cn2cnc3c(=O)n(C)c(=O)n(C)c32)o1. The van der Waals surface area contributed by atoms with E-state index in [1.807, 2.05) is 37.3 Å². The number of hydrogen-bond donors (Lipinski definition) is 1. The number of fused-ring (bicyclic) bond motifs is 1. The van der Waals surface area contributed by atoms with Crippen molar-refractivity contribution in [2.45, 2.75) is 13.5 Å². The van der Waals surface area contributed by atoms with Crippen LogP contribution in [-0.2, 0) is 25.4 Å². The van der Waals surface area contributed by atoms with Gasteiger partial charge < -0.3 is 14.3 Å². The van der Waals surface area contributed by atoms with Crippen LogP contribution in [0.3, 0.4) is 0 Å². The number of furan rings is 1. The van der Waals surface area contributed by atoms with E-state index in [4.69, 9.17) is 4.42 Å². The van der Waals surface area contributed by atoms with Gasteiger partial charge in [0.05, 0.1) is 12.0 Å². The monoisotopic (exact) mass is 393 g/mol. The predicted octanol–water partition coefficient (Wildman–Crippen LogP) is 1.64. The predicted molar refractivity (Wildman–Crippen MR) is 108 cm³/mol. The Balaban J connectivity index is 1.66. The number of hydrogen-bond acceptors (Lipinski definition) is 5. The number of anilines is 1. The third-order valence-corrected chi connectivity index (χ3v) is 4.73. The lowest BCUT2D eigenvalue weighted by Crippen LogP contribution is -2.37. The molecule has 148 valence electrons. The van der Waals surface area contributed by atoms with Gasteiger partial charge >= 0.3 is 5.69 Å². The fourth-order valence-electron chi connectivity index (χ4n) is 3.29. The van der Waals surface area contributed by atoms with E-state index < -0.39 is 11.2 Å². The summed E-state index contributed by atoms with van der Waals surface area (Å²) in [5.41, 5.74) is 0.799. The number of carbonyl (C=O) groups excluding carboxylic acids is 1. The van der Waals surface area contributed by atoms with E-state index >= 15 is 0 Å². The molecular formula is C20H19N5O4. The van der Waals surface area contributed by atoms with Crippen LogP contribution in [0.25, 0.3) is 22.5 Å². The van der Waals surface area contributed by atoms with Crippen LogP contribution < -0.4 is 16.6 Å². The molecule has 0 aliphatic heterocycles. The molecule has 0 aliphatic rings. The Morgan fingerprint density at radius 3 is 2.59 bits per heavy atom. The van der Waals surface area contributed by atoms with Crippen molar-refractivity contribution in [1.29, 1.82) is 0 Å². The maximum absolute atomic E-state index is 12.7. The highest BCUT2D eigenvalue weighted by Crippen LogP contribution is 2.29. The molecule has 0 bridgehead atoms. The van der Waals surface area contributed by atoms with E-state index in [9.17, 15) is 14.4 Å². The first-order chi connectivity index (χ1) is 13.9. The van der Waals surface area contributed by atoms with Gasteiger partial charge in [0.2, 0.25) is 5.91 Å². The second kappa shape index (κ2) is 6.93. The van der Waals surface area contributed by atoms with Crippen molar-refractivity contribution in [3.05, 3.63) is 69.3 Å². The molecule has 1 amide bonds. The number of aryl methyl sites for hydroxylation is 2. The van der Waals surface area contributed by atoms with Gasteiger partial charge in [-0.1, -0.05) is 12.1 Å². The number of aromatic nitrogens is 4. The summed E-state index contributed by atoms with van der Waals surface area (Å²) in [7, 11) is 2.93. The highest BCUT2D eigenvalue weighted by Gasteiger charge is 2.17. The van der Waals surface area contributed by atoms with Crippen molar-refractivity contribution in [1.82, 2.24) is 18.7 Å². The Morgan fingerprint density at radius 1 is 1.10 bits per heavy atom. The number of imidazole rings is 1. The molecule has 0 radical (unpaired) electrons. The summed E-state index contributed by atoms with van der Waals surface area (Å²) in [5, 5.41) is 2.86. The lowest BCUT2D eigenvalue weighted by molar-refractivity contribution is -0.116. The minimum atomic E-state index is -0.499. The summed E-state index contributed by atoms with van der Waals surface area (Å²) in [5.74, 6) is 1.10. The smallest absolute Gasteiger partial charge is 0.332 e. The number of nitrogens with one attached hydrogen (secondary N) is 1. The highest BCUT2D eigenvalue weighted by molar-refractivity contribution is 5.95. The standard InChI is InChI=1S/C20H19N5O4/c1-12-8-9-15(29-12)13-6-4-5-7-14(13)22-16(26)10-25-11-21-17-18(25)23(2)20(28)24(3)19(17)27/h4-9,11H,10H2,1-3H3,(H,22,26). The van der Waals surface area contributed by atoms with Crippen LogP contribution in [-0.4, -0.2) is 24.6 Å². The van der Waals surface area contributed by atoms with Gasteiger partial charge in [-0.3, -0.25) is 18.7 Å². The summed E-state index contributed by atoms with van der Waals surface area (Å²) in [6, 6.07) is 11.0. The normalized spacial score (nSPS) is 11.1. The molecule has 0 saturated heterocycles. The van der Waals surface area contributed by atoms with Crippen LogP contribution in [0.4, 0.5) is 5.69 Å². The molecule has 9 heteroatoms. The zero-order valence-electron chi connectivity index (χ0n) is 16.2. The minimum Gasteiger partial charge on any atom is -0.461 e. The molecule has 3 aromatic heterocycles. The van der Waals surface area contributed by atoms with Crippen LogP contribution in [0, 0.1) is 6.92 Å². The van der Waals surface area contributed by atoms with Crippen molar-refractivity contribution in [2.75, 3.05) is 5.32 Å². The van der Waals surface area contributed by atoms with Gasteiger partial charge in [0.25, 0.3) is 5.56 Å².